The maximum atomic E-state index is 12.6. The van der Waals surface area contributed by atoms with Gasteiger partial charge in [-0.2, -0.15) is 0 Å². The smallest absolute Gasteiger partial charge is 0.309 e. The zero-order chi connectivity index (χ0) is 17.8. The van der Waals surface area contributed by atoms with Gasteiger partial charge in [-0.25, -0.2) is 4.98 Å². The van der Waals surface area contributed by atoms with Gasteiger partial charge in [-0.15, -0.1) is 0 Å². The van der Waals surface area contributed by atoms with Gasteiger partial charge in [-0.05, 0) is 31.9 Å². The molecule has 1 aromatic heterocycles. The first-order valence-electron chi connectivity index (χ1n) is 8.49. The number of benzene rings is 1. The summed E-state index contributed by atoms with van der Waals surface area (Å²) in [6.07, 6.45) is 2.43. The summed E-state index contributed by atoms with van der Waals surface area (Å²) in [6, 6.07) is 7.24. The Hall–Kier alpha value is -2.70. The van der Waals surface area contributed by atoms with Crippen LogP contribution < -0.4 is 5.56 Å². The zero-order valence-corrected chi connectivity index (χ0v) is 14.2. The highest BCUT2D eigenvalue weighted by Gasteiger charge is 2.28. The molecule has 0 aliphatic carbocycles. The van der Waals surface area contributed by atoms with Gasteiger partial charge in [0.15, 0.2) is 0 Å². The number of para-hydroxylation sites is 2. The molecule has 2 aromatic rings. The summed E-state index contributed by atoms with van der Waals surface area (Å²) in [4.78, 5) is 42.3. The molecule has 1 fully saturated rings. The van der Waals surface area contributed by atoms with Crippen LogP contribution in [0.25, 0.3) is 11.0 Å². The number of fused-ring (bicyclic) bond motifs is 1. The summed E-state index contributed by atoms with van der Waals surface area (Å²) >= 11 is 0. The van der Waals surface area contributed by atoms with Crippen molar-refractivity contribution in [1.82, 2.24) is 14.5 Å². The molecule has 1 aliphatic heterocycles. The normalized spacial score (nSPS) is 15.3. The lowest BCUT2D eigenvalue weighted by Crippen LogP contribution is -2.43. The molecule has 2 heterocycles. The SMILES string of the molecule is CCOC(=O)C1CCN(C(=O)Cn2c(=O)cnc3ccccc32)CC1. The predicted octanol–water partition coefficient (Wildman–Crippen LogP) is 1.20. The highest BCUT2D eigenvalue weighted by atomic mass is 16.5. The van der Waals surface area contributed by atoms with Crippen LogP contribution in [0.1, 0.15) is 19.8 Å². The minimum absolute atomic E-state index is 0.0219. The van der Waals surface area contributed by atoms with Gasteiger partial charge in [0.2, 0.25) is 5.91 Å². The van der Waals surface area contributed by atoms with E-state index in [9.17, 15) is 14.4 Å². The molecule has 7 nitrogen and oxygen atoms in total. The molecule has 0 spiro atoms. The number of rotatable bonds is 4. The summed E-state index contributed by atoms with van der Waals surface area (Å²) in [6.45, 7) is 3.13. The Morgan fingerprint density at radius 1 is 1.24 bits per heavy atom. The van der Waals surface area contributed by atoms with Crippen molar-refractivity contribution in [2.24, 2.45) is 5.92 Å². The number of amides is 1. The fourth-order valence-electron chi connectivity index (χ4n) is 3.14. The lowest BCUT2D eigenvalue weighted by Gasteiger charge is -2.31. The minimum Gasteiger partial charge on any atom is -0.466 e. The number of esters is 1. The summed E-state index contributed by atoms with van der Waals surface area (Å²) in [5, 5.41) is 0. The van der Waals surface area contributed by atoms with Gasteiger partial charge in [0, 0.05) is 13.1 Å². The molecule has 0 saturated carbocycles. The molecule has 7 heteroatoms. The zero-order valence-electron chi connectivity index (χ0n) is 14.2. The second-order valence-corrected chi connectivity index (χ2v) is 6.08. The quantitative estimate of drug-likeness (QED) is 0.779. The average molecular weight is 343 g/mol. The fraction of sp³-hybridized carbons (Fsp3) is 0.444. The van der Waals surface area contributed by atoms with E-state index >= 15 is 0 Å². The van der Waals surface area contributed by atoms with Gasteiger partial charge in [-0.3, -0.25) is 19.0 Å². The minimum atomic E-state index is -0.298. The van der Waals surface area contributed by atoms with E-state index in [1.54, 1.807) is 24.0 Å². The van der Waals surface area contributed by atoms with Crippen LogP contribution >= 0.6 is 0 Å². The van der Waals surface area contributed by atoms with Crippen LogP contribution in [0.2, 0.25) is 0 Å². The third kappa shape index (κ3) is 3.70. The van der Waals surface area contributed by atoms with E-state index in [0.717, 1.165) is 0 Å². The van der Waals surface area contributed by atoms with E-state index in [-0.39, 0.29) is 29.9 Å². The molecule has 25 heavy (non-hydrogen) atoms. The number of carbonyl (C=O) groups excluding carboxylic acids is 2. The van der Waals surface area contributed by atoms with E-state index in [0.29, 0.717) is 43.6 Å². The van der Waals surface area contributed by atoms with Crippen LogP contribution in [0.3, 0.4) is 0 Å². The average Bonchev–Trinajstić information content (AvgIpc) is 2.64. The van der Waals surface area contributed by atoms with E-state index in [1.807, 2.05) is 12.1 Å². The summed E-state index contributed by atoms with van der Waals surface area (Å²) < 4.78 is 6.49. The molecule has 1 aliphatic rings. The van der Waals surface area contributed by atoms with Crippen LogP contribution in [0.4, 0.5) is 0 Å². The van der Waals surface area contributed by atoms with Crippen molar-refractivity contribution >= 4 is 22.9 Å². The molecule has 1 saturated heterocycles. The number of hydrogen-bond acceptors (Lipinski definition) is 5. The van der Waals surface area contributed by atoms with Crippen molar-refractivity contribution in [1.29, 1.82) is 0 Å². The molecule has 1 aromatic carbocycles. The first-order chi connectivity index (χ1) is 12.1. The van der Waals surface area contributed by atoms with Gasteiger partial charge >= 0.3 is 5.97 Å². The van der Waals surface area contributed by atoms with Gasteiger partial charge in [0.25, 0.3) is 5.56 Å². The monoisotopic (exact) mass is 343 g/mol. The number of hydrogen-bond donors (Lipinski definition) is 0. The Balaban J connectivity index is 1.69. The Bertz CT molecular complexity index is 838. The van der Waals surface area contributed by atoms with Gasteiger partial charge in [-0.1, -0.05) is 12.1 Å². The van der Waals surface area contributed by atoms with Crippen LogP contribution in [0.15, 0.2) is 35.3 Å². The van der Waals surface area contributed by atoms with Crippen molar-refractivity contribution in [3.63, 3.8) is 0 Å². The Morgan fingerprint density at radius 2 is 1.96 bits per heavy atom. The lowest BCUT2D eigenvalue weighted by molar-refractivity contribution is -0.151. The summed E-state index contributed by atoms with van der Waals surface area (Å²) in [5.41, 5.74) is 1.02. The number of aromatic nitrogens is 2. The first kappa shape index (κ1) is 17.1. The molecular weight excluding hydrogens is 322 g/mol. The number of nitrogens with zero attached hydrogens (tertiary/aromatic N) is 3. The van der Waals surface area contributed by atoms with Crippen molar-refractivity contribution in [2.45, 2.75) is 26.3 Å². The largest absolute Gasteiger partial charge is 0.466 e. The molecule has 1 amide bonds. The molecule has 0 unspecified atom stereocenters. The number of ether oxygens (including phenoxy) is 1. The fourth-order valence-corrected chi connectivity index (χ4v) is 3.14. The molecular formula is C18H21N3O4. The maximum absolute atomic E-state index is 12.6. The van der Waals surface area contributed by atoms with E-state index in [1.165, 1.54) is 10.8 Å². The molecule has 0 N–H and O–H groups in total. The highest BCUT2D eigenvalue weighted by Crippen LogP contribution is 2.19. The number of piperidine rings is 1. The standard InChI is InChI=1S/C18H21N3O4/c1-2-25-18(24)13-7-9-20(10-8-13)17(23)12-21-15-6-4-3-5-14(15)19-11-16(21)22/h3-6,11,13H,2,7-10,12H2,1H3. The Morgan fingerprint density at radius 3 is 2.68 bits per heavy atom. The topological polar surface area (TPSA) is 81.5 Å². The predicted molar refractivity (Wildman–Crippen MR) is 91.9 cm³/mol. The van der Waals surface area contributed by atoms with E-state index in [2.05, 4.69) is 4.98 Å². The summed E-state index contributed by atoms with van der Waals surface area (Å²) in [5.74, 6) is -0.458. The summed E-state index contributed by atoms with van der Waals surface area (Å²) in [7, 11) is 0. The number of carbonyl (C=O) groups is 2. The van der Waals surface area contributed by atoms with Crippen LogP contribution in [-0.2, 0) is 20.9 Å². The second kappa shape index (κ2) is 7.46. The molecule has 0 radical (unpaired) electrons. The Labute approximate surface area is 145 Å². The molecule has 0 atom stereocenters. The van der Waals surface area contributed by atoms with Crippen molar-refractivity contribution in [3.05, 3.63) is 40.8 Å². The highest BCUT2D eigenvalue weighted by molar-refractivity contribution is 5.80. The first-order valence-corrected chi connectivity index (χ1v) is 8.49. The molecule has 3 rings (SSSR count). The third-order valence-corrected chi connectivity index (χ3v) is 4.51. The molecule has 0 bridgehead atoms. The van der Waals surface area contributed by atoms with Crippen molar-refractivity contribution in [3.8, 4) is 0 Å². The maximum Gasteiger partial charge on any atom is 0.309 e. The van der Waals surface area contributed by atoms with Crippen LogP contribution in [0.5, 0.6) is 0 Å². The van der Waals surface area contributed by atoms with E-state index < -0.39 is 0 Å². The van der Waals surface area contributed by atoms with Gasteiger partial charge < -0.3 is 9.64 Å². The van der Waals surface area contributed by atoms with E-state index in [4.69, 9.17) is 4.74 Å². The molecule has 132 valence electrons. The van der Waals surface area contributed by atoms with Gasteiger partial charge in [0.05, 0.1) is 29.8 Å². The van der Waals surface area contributed by atoms with Gasteiger partial charge in [0.1, 0.15) is 6.54 Å². The van der Waals surface area contributed by atoms with Crippen LogP contribution in [-0.4, -0.2) is 46.0 Å². The second-order valence-electron chi connectivity index (χ2n) is 6.08. The van der Waals surface area contributed by atoms with Crippen molar-refractivity contribution < 1.29 is 14.3 Å². The number of likely N-dealkylation sites (tertiary alicyclic amines) is 1. The van der Waals surface area contributed by atoms with Crippen LogP contribution in [0, 0.1) is 5.92 Å². The van der Waals surface area contributed by atoms with Crippen molar-refractivity contribution in [2.75, 3.05) is 19.7 Å². The lowest BCUT2D eigenvalue weighted by atomic mass is 9.97. The Kier molecular flexibility index (Phi) is 5.11. The third-order valence-electron chi connectivity index (χ3n) is 4.51.